The van der Waals surface area contributed by atoms with Crippen LogP contribution in [0.15, 0.2) is 24.3 Å². The van der Waals surface area contributed by atoms with E-state index in [1.807, 2.05) is 12.1 Å². The number of hydrogen-bond donors (Lipinski definition) is 1. The quantitative estimate of drug-likeness (QED) is 0.801. The van der Waals surface area contributed by atoms with Gasteiger partial charge in [-0.25, -0.2) is 0 Å². The number of unbranched alkanes of at least 4 members (excludes halogenated alkanes) is 1. The zero-order valence-electron chi connectivity index (χ0n) is 10.6. The topological polar surface area (TPSA) is 35.2 Å². The van der Waals surface area contributed by atoms with Gasteiger partial charge in [-0.2, -0.15) is 0 Å². The first-order valence-corrected chi connectivity index (χ1v) is 5.99. The molecule has 0 saturated heterocycles. The summed E-state index contributed by atoms with van der Waals surface area (Å²) in [6.07, 6.45) is 4.41. The van der Waals surface area contributed by atoms with Gasteiger partial charge in [-0.3, -0.25) is 0 Å². The van der Waals surface area contributed by atoms with Crippen LogP contribution in [0, 0.1) is 0 Å². The fourth-order valence-electron chi connectivity index (χ4n) is 1.88. The molecule has 2 heteroatoms. The lowest BCUT2D eigenvalue weighted by atomic mass is 9.89. The van der Waals surface area contributed by atoms with Crippen LogP contribution >= 0.6 is 0 Å². The van der Waals surface area contributed by atoms with Crippen molar-refractivity contribution >= 4 is 0 Å². The smallest absolute Gasteiger partial charge is 0.118 e. The predicted octanol–water partition coefficient (Wildman–Crippen LogP) is 3.15. The monoisotopic (exact) mass is 221 g/mol. The molecule has 0 aromatic heterocycles. The van der Waals surface area contributed by atoms with E-state index in [9.17, 15) is 0 Å². The highest BCUT2D eigenvalue weighted by atomic mass is 16.5. The Morgan fingerprint density at radius 3 is 2.38 bits per heavy atom. The first kappa shape index (κ1) is 13.0. The second-order valence-corrected chi connectivity index (χ2v) is 4.78. The third-order valence-corrected chi connectivity index (χ3v) is 2.87. The molecule has 0 amide bonds. The highest BCUT2D eigenvalue weighted by Gasteiger charge is 2.17. The van der Waals surface area contributed by atoms with Gasteiger partial charge >= 0.3 is 0 Å². The van der Waals surface area contributed by atoms with Crippen molar-refractivity contribution in [2.24, 2.45) is 5.73 Å². The maximum absolute atomic E-state index is 6.27. The summed E-state index contributed by atoms with van der Waals surface area (Å²) in [5, 5.41) is 0. The molecule has 2 N–H and O–H groups in total. The first-order chi connectivity index (χ1) is 7.57. The maximum Gasteiger partial charge on any atom is 0.118 e. The highest BCUT2D eigenvalue weighted by Crippen LogP contribution is 2.19. The van der Waals surface area contributed by atoms with Gasteiger partial charge in [0.1, 0.15) is 5.75 Å². The van der Waals surface area contributed by atoms with Crippen molar-refractivity contribution in [3.8, 4) is 5.75 Å². The van der Waals surface area contributed by atoms with E-state index in [-0.39, 0.29) is 5.54 Å². The summed E-state index contributed by atoms with van der Waals surface area (Å²) in [7, 11) is 1.68. The molecule has 0 aliphatic rings. The number of rotatable bonds is 6. The average molecular weight is 221 g/mol. The minimum atomic E-state index is -0.0927. The van der Waals surface area contributed by atoms with Gasteiger partial charge in [-0.05, 0) is 37.5 Å². The molecule has 0 aliphatic carbocycles. The Morgan fingerprint density at radius 1 is 1.25 bits per heavy atom. The van der Waals surface area contributed by atoms with Crippen LogP contribution < -0.4 is 10.5 Å². The number of benzene rings is 1. The summed E-state index contributed by atoms with van der Waals surface area (Å²) in [5.74, 6) is 0.899. The first-order valence-electron chi connectivity index (χ1n) is 5.99. The van der Waals surface area contributed by atoms with Crippen molar-refractivity contribution in [3.63, 3.8) is 0 Å². The van der Waals surface area contributed by atoms with Crippen LogP contribution in [0.3, 0.4) is 0 Å². The summed E-state index contributed by atoms with van der Waals surface area (Å²) in [5.41, 5.74) is 7.46. The molecule has 1 atom stereocenters. The molecular weight excluding hydrogens is 198 g/mol. The van der Waals surface area contributed by atoms with Crippen LogP contribution in [-0.2, 0) is 6.42 Å². The van der Waals surface area contributed by atoms with Gasteiger partial charge in [-0.1, -0.05) is 31.9 Å². The molecule has 1 aromatic carbocycles. The number of nitrogens with two attached hydrogens (primary N) is 1. The van der Waals surface area contributed by atoms with Crippen molar-refractivity contribution < 1.29 is 4.74 Å². The van der Waals surface area contributed by atoms with Crippen molar-refractivity contribution in [1.29, 1.82) is 0 Å². The van der Waals surface area contributed by atoms with Crippen LogP contribution in [0.1, 0.15) is 38.7 Å². The van der Waals surface area contributed by atoms with E-state index >= 15 is 0 Å². The van der Waals surface area contributed by atoms with Gasteiger partial charge in [0.2, 0.25) is 0 Å². The Labute approximate surface area is 98.8 Å². The van der Waals surface area contributed by atoms with Crippen molar-refractivity contribution in [1.82, 2.24) is 0 Å². The third-order valence-electron chi connectivity index (χ3n) is 2.87. The summed E-state index contributed by atoms with van der Waals surface area (Å²) in [4.78, 5) is 0. The summed E-state index contributed by atoms with van der Waals surface area (Å²) < 4.78 is 5.13. The molecule has 0 radical (unpaired) electrons. The molecule has 0 bridgehead atoms. The zero-order valence-corrected chi connectivity index (χ0v) is 10.6. The second-order valence-electron chi connectivity index (χ2n) is 4.78. The molecule has 1 unspecified atom stereocenters. The molecule has 0 saturated carbocycles. The summed E-state index contributed by atoms with van der Waals surface area (Å²) >= 11 is 0. The lowest BCUT2D eigenvalue weighted by molar-refractivity contribution is 0.408. The molecule has 0 aliphatic heterocycles. The van der Waals surface area contributed by atoms with Gasteiger partial charge in [-0.15, -0.1) is 0 Å². The largest absolute Gasteiger partial charge is 0.497 e. The second kappa shape index (κ2) is 5.90. The Balaban J connectivity index is 2.57. The molecular formula is C14H23NO. The van der Waals surface area contributed by atoms with Gasteiger partial charge in [0, 0.05) is 5.54 Å². The minimum Gasteiger partial charge on any atom is -0.497 e. The maximum atomic E-state index is 6.27. The summed E-state index contributed by atoms with van der Waals surface area (Å²) in [6.45, 7) is 4.33. The van der Waals surface area contributed by atoms with E-state index in [2.05, 4.69) is 26.0 Å². The standard InChI is InChI=1S/C14H23NO/c1-4-5-10-14(2,15)11-12-6-8-13(16-3)9-7-12/h6-9H,4-5,10-11,15H2,1-3H3. The van der Waals surface area contributed by atoms with Crippen LogP contribution in [0.25, 0.3) is 0 Å². The molecule has 1 aromatic rings. The van der Waals surface area contributed by atoms with Crippen molar-refractivity contribution in [3.05, 3.63) is 29.8 Å². The molecule has 90 valence electrons. The Hall–Kier alpha value is -1.02. The fraction of sp³-hybridized carbons (Fsp3) is 0.571. The Morgan fingerprint density at radius 2 is 1.88 bits per heavy atom. The number of hydrogen-bond acceptors (Lipinski definition) is 2. The molecule has 0 heterocycles. The van der Waals surface area contributed by atoms with E-state index in [1.165, 1.54) is 18.4 Å². The Kier molecular flexibility index (Phi) is 4.81. The van der Waals surface area contributed by atoms with Gasteiger partial charge in [0.15, 0.2) is 0 Å². The predicted molar refractivity (Wildman–Crippen MR) is 68.8 cm³/mol. The van der Waals surface area contributed by atoms with Crippen molar-refractivity contribution in [2.75, 3.05) is 7.11 Å². The molecule has 2 nitrogen and oxygen atoms in total. The number of ether oxygens (including phenoxy) is 1. The van der Waals surface area contributed by atoms with E-state index in [1.54, 1.807) is 7.11 Å². The van der Waals surface area contributed by atoms with E-state index in [0.29, 0.717) is 0 Å². The lowest BCUT2D eigenvalue weighted by Gasteiger charge is -2.24. The highest BCUT2D eigenvalue weighted by molar-refractivity contribution is 5.28. The van der Waals surface area contributed by atoms with Gasteiger partial charge in [0.25, 0.3) is 0 Å². The van der Waals surface area contributed by atoms with E-state index < -0.39 is 0 Å². The van der Waals surface area contributed by atoms with Crippen LogP contribution in [0.4, 0.5) is 0 Å². The third kappa shape index (κ3) is 4.23. The van der Waals surface area contributed by atoms with Crippen LogP contribution in [-0.4, -0.2) is 12.6 Å². The molecule has 0 spiro atoms. The van der Waals surface area contributed by atoms with Gasteiger partial charge < -0.3 is 10.5 Å². The van der Waals surface area contributed by atoms with Crippen molar-refractivity contribution in [2.45, 2.75) is 45.1 Å². The normalized spacial score (nSPS) is 14.5. The van der Waals surface area contributed by atoms with E-state index in [0.717, 1.165) is 18.6 Å². The van der Waals surface area contributed by atoms with Gasteiger partial charge in [0.05, 0.1) is 7.11 Å². The minimum absolute atomic E-state index is 0.0927. The zero-order chi connectivity index (χ0) is 12.0. The molecule has 1 rings (SSSR count). The van der Waals surface area contributed by atoms with E-state index in [4.69, 9.17) is 10.5 Å². The average Bonchev–Trinajstić information content (AvgIpc) is 2.27. The fourth-order valence-corrected chi connectivity index (χ4v) is 1.88. The number of methoxy groups -OCH3 is 1. The Bertz CT molecular complexity index is 303. The van der Waals surface area contributed by atoms with Crippen LogP contribution in [0.2, 0.25) is 0 Å². The lowest BCUT2D eigenvalue weighted by Crippen LogP contribution is -2.38. The molecule has 0 fully saturated rings. The SMILES string of the molecule is CCCCC(C)(N)Cc1ccc(OC)cc1. The summed E-state index contributed by atoms with van der Waals surface area (Å²) in [6, 6.07) is 8.17. The van der Waals surface area contributed by atoms with Crippen LogP contribution in [0.5, 0.6) is 5.75 Å². The molecule has 16 heavy (non-hydrogen) atoms.